The predicted molar refractivity (Wildman–Crippen MR) is 103 cm³/mol. The molecule has 3 rings (SSSR count). The van der Waals surface area contributed by atoms with Gasteiger partial charge in [-0.15, -0.1) is 0 Å². The standard InChI is InChI=1S/C21H28N2O3/c1-14-18(12-16-9-10-17(26-2)13-19(16)23-14)21(25)22-11-5-7-15-6-3-4-8-20(15)24/h9-10,12-13,15,20,24H,3-8,11H2,1-2H3,(H,22,25)/t15-,20+/m0/s1. The fourth-order valence-corrected chi connectivity index (χ4v) is 3.79. The SMILES string of the molecule is COc1ccc2cc(C(=O)NCCC[C@@H]3CCCC[C@H]3O)c(C)nc2c1. The normalized spacial score (nSPS) is 20.1. The van der Waals surface area contributed by atoms with Gasteiger partial charge in [-0.2, -0.15) is 0 Å². The van der Waals surface area contributed by atoms with Crippen molar-refractivity contribution in [1.82, 2.24) is 10.3 Å². The summed E-state index contributed by atoms with van der Waals surface area (Å²) in [5.41, 5.74) is 2.15. The van der Waals surface area contributed by atoms with Crippen molar-refractivity contribution in [3.05, 3.63) is 35.5 Å². The van der Waals surface area contributed by atoms with E-state index in [1.54, 1.807) is 7.11 Å². The number of carbonyl (C=O) groups excluding carboxylic acids is 1. The number of aliphatic hydroxyl groups excluding tert-OH is 1. The summed E-state index contributed by atoms with van der Waals surface area (Å²) in [7, 11) is 1.63. The van der Waals surface area contributed by atoms with Gasteiger partial charge in [0.15, 0.2) is 0 Å². The van der Waals surface area contributed by atoms with Crippen molar-refractivity contribution in [3.63, 3.8) is 0 Å². The van der Waals surface area contributed by atoms with E-state index >= 15 is 0 Å². The van der Waals surface area contributed by atoms with Crippen LogP contribution in [0.4, 0.5) is 0 Å². The highest BCUT2D eigenvalue weighted by molar-refractivity contribution is 5.98. The van der Waals surface area contributed by atoms with Crippen LogP contribution in [-0.2, 0) is 0 Å². The molecular weight excluding hydrogens is 328 g/mol. The molecule has 1 saturated carbocycles. The minimum Gasteiger partial charge on any atom is -0.497 e. The number of pyridine rings is 1. The lowest BCUT2D eigenvalue weighted by Crippen LogP contribution is -2.28. The van der Waals surface area contributed by atoms with Crippen LogP contribution < -0.4 is 10.1 Å². The van der Waals surface area contributed by atoms with Crippen molar-refractivity contribution in [2.75, 3.05) is 13.7 Å². The van der Waals surface area contributed by atoms with Crippen LogP contribution in [0.1, 0.15) is 54.6 Å². The van der Waals surface area contributed by atoms with E-state index in [9.17, 15) is 9.90 Å². The Labute approximate surface area is 154 Å². The molecule has 5 heteroatoms. The number of nitrogens with one attached hydrogen (secondary N) is 1. The van der Waals surface area contributed by atoms with Gasteiger partial charge in [0.25, 0.3) is 5.91 Å². The lowest BCUT2D eigenvalue weighted by molar-refractivity contribution is 0.0641. The summed E-state index contributed by atoms with van der Waals surface area (Å²) in [6.07, 6.45) is 6.06. The number of methoxy groups -OCH3 is 1. The van der Waals surface area contributed by atoms with Gasteiger partial charge in [0.2, 0.25) is 0 Å². The first-order valence-corrected chi connectivity index (χ1v) is 9.50. The first kappa shape index (κ1) is 18.6. The molecule has 26 heavy (non-hydrogen) atoms. The van der Waals surface area contributed by atoms with Crippen molar-refractivity contribution in [2.45, 2.75) is 51.6 Å². The van der Waals surface area contributed by atoms with E-state index in [0.717, 1.165) is 48.8 Å². The molecule has 2 atom stereocenters. The number of nitrogens with zero attached hydrogens (tertiary/aromatic N) is 1. The highest BCUT2D eigenvalue weighted by Crippen LogP contribution is 2.27. The number of hydrogen-bond donors (Lipinski definition) is 2. The quantitative estimate of drug-likeness (QED) is 0.776. The van der Waals surface area contributed by atoms with Gasteiger partial charge >= 0.3 is 0 Å². The average Bonchev–Trinajstić information content (AvgIpc) is 2.65. The maximum absolute atomic E-state index is 12.5. The number of aryl methyl sites for hydroxylation is 1. The average molecular weight is 356 g/mol. The molecule has 1 aliphatic rings. The zero-order chi connectivity index (χ0) is 18.5. The van der Waals surface area contributed by atoms with Gasteiger partial charge in [-0.1, -0.05) is 12.8 Å². The molecule has 1 amide bonds. The molecule has 2 N–H and O–H groups in total. The molecule has 0 saturated heterocycles. The monoisotopic (exact) mass is 356 g/mol. The third kappa shape index (κ3) is 4.33. The van der Waals surface area contributed by atoms with Crippen molar-refractivity contribution >= 4 is 16.8 Å². The second kappa shape index (κ2) is 8.49. The summed E-state index contributed by atoms with van der Waals surface area (Å²) < 4.78 is 5.23. The fraction of sp³-hybridized carbons (Fsp3) is 0.524. The molecule has 0 bridgehead atoms. The molecule has 0 radical (unpaired) electrons. The van der Waals surface area contributed by atoms with E-state index < -0.39 is 0 Å². The number of fused-ring (bicyclic) bond motifs is 1. The Balaban J connectivity index is 1.58. The van der Waals surface area contributed by atoms with Gasteiger partial charge in [-0.3, -0.25) is 9.78 Å². The van der Waals surface area contributed by atoms with E-state index in [2.05, 4.69) is 10.3 Å². The van der Waals surface area contributed by atoms with Gasteiger partial charge in [0, 0.05) is 18.0 Å². The maximum atomic E-state index is 12.5. The summed E-state index contributed by atoms with van der Waals surface area (Å²) in [6, 6.07) is 7.55. The van der Waals surface area contributed by atoms with Crippen molar-refractivity contribution in [2.24, 2.45) is 5.92 Å². The van der Waals surface area contributed by atoms with Crippen LogP contribution in [0.5, 0.6) is 5.75 Å². The Bertz CT molecular complexity index is 775. The second-order valence-electron chi connectivity index (χ2n) is 7.19. The van der Waals surface area contributed by atoms with E-state index in [-0.39, 0.29) is 12.0 Å². The molecule has 1 aromatic heterocycles. The minimum atomic E-state index is -0.164. The number of carbonyl (C=O) groups is 1. The number of hydrogen-bond acceptors (Lipinski definition) is 4. The molecule has 1 heterocycles. The summed E-state index contributed by atoms with van der Waals surface area (Å²) in [5, 5.41) is 13.9. The molecule has 1 fully saturated rings. The van der Waals surface area contributed by atoms with Crippen LogP contribution in [0.2, 0.25) is 0 Å². The maximum Gasteiger partial charge on any atom is 0.253 e. The highest BCUT2D eigenvalue weighted by Gasteiger charge is 2.22. The number of aliphatic hydroxyl groups is 1. The van der Waals surface area contributed by atoms with Crippen molar-refractivity contribution < 1.29 is 14.6 Å². The summed E-state index contributed by atoms with van der Waals surface area (Å²) in [6.45, 7) is 2.48. The third-order valence-corrected chi connectivity index (χ3v) is 5.37. The number of amides is 1. The van der Waals surface area contributed by atoms with Crippen molar-refractivity contribution in [1.29, 1.82) is 0 Å². The van der Waals surface area contributed by atoms with Crippen LogP contribution in [0.25, 0.3) is 10.9 Å². The Morgan fingerprint density at radius 3 is 2.88 bits per heavy atom. The van der Waals surface area contributed by atoms with Crippen molar-refractivity contribution in [3.8, 4) is 5.75 Å². The molecule has 5 nitrogen and oxygen atoms in total. The molecule has 0 spiro atoms. The smallest absolute Gasteiger partial charge is 0.253 e. The first-order valence-electron chi connectivity index (χ1n) is 9.50. The molecule has 140 valence electrons. The number of aromatic nitrogens is 1. The van der Waals surface area contributed by atoms with E-state index in [1.807, 2.05) is 31.2 Å². The number of rotatable bonds is 6. The largest absolute Gasteiger partial charge is 0.497 e. The van der Waals surface area contributed by atoms with Crippen LogP contribution in [0, 0.1) is 12.8 Å². The summed E-state index contributed by atoms with van der Waals surface area (Å²) in [5.74, 6) is 1.06. The van der Waals surface area contributed by atoms with E-state index in [4.69, 9.17) is 4.74 Å². The zero-order valence-electron chi connectivity index (χ0n) is 15.6. The van der Waals surface area contributed by atoms with Gasteiger partial charge < -0.3 is 15.2 Å². The van der Waals surface area contributed by atoms with Gasteiger partial charge in [0.1, 0.15) is 5.75 Å². The Kier molecular flexibility index (Phi) is 6.09. The van der Waals surface area contributed by atoms with E-state index in [0.29, 0.717) is 23.7 Å². The highest BCUT2D eigenvalue weighted by atomic mass is 16.5. The number of benzene rings is 1. The summed E-state index contributed by atoms with van der Waals surface area (Å²) >= 11 is 0. The molecule has 1 aromatic carbocycles. The number of ether oxygens (including phenoxy) is 1. The third-order valence-electron chi connectivity index (χ3n) is 5.37. The second-order valence-corrected chi connectivity index (χ2v) is 7.19. The van der Waals surface area contributed by atoms with Gasteiger partial charge in [-0.05, 0) is 56.7 Å². The van der Waals surface area contributed by atoms with Gasteiger partial charge in [-0.25, -0.2) is 0 Å². The topological polar surface area (TPSA) is 71.5 Å². The van der Waals surface area contributed by atoms with Crippen LogP contribution >= 0.6 is 0 Å². The Hall–Kier alpha value is -2.14. The van der Waals surface area contributed by atoms with Crippen LogP contribution in [-0.4, -0.2) is 35.8 Å². The fourth-order valence-electron chi connectivity index (χ4n) is 3.79. The predicted octanol–water partition coefficient (Wildman–Crippen LogP) is 3.61. The molecule has 0 aliphatic heterocycles. The first-order chi connectivity index (χ1) is 12.6. The van der Waals surface area contributed by atoms with E-state index in [1.165, 1.54) is 6.42 Å². The lowest BCUT2D eigenvalue weighted by atomic mass is 9.83. The molecular formula is C21H28N2O3. The molecule has 2 aromatic rings. The minimum absolute atomic E-state index is 0.0862. The molecule has 1 aliphatic carbocycles. The Morgan fingerprint density at radius 2 is 2.12 bits per heavy atom. The van der Waals surface area contributed by atoms with Crippen LogP contribution in [0.15, 0.2) is 24.3 Å². The zero-order valence-corrected chi connectivity index (χ0v) is 15.6. The molecule has 0 unspecified atom stereocenters. The lowest BCUT2D eigenvalue weighted by Gasteiger charge is -2.27. The summed E-state index contributed by atoms with van der Waals surface area (Å²) in [4.78, 5) is 17.1. The van der Waals surface area contributed by atoms with Crippen LogP contribution in [0.3, 0.4) is 0 Å². The van der Waals surface area contributed by atoms with Gasteiger partial charge in [0.05, 0.1) is 30.0 Å². The Morgan fingerprint density at radius 1 is 1.31 bits per heavy atom.